The molecule has 2 rings (SSSR count). The summed E-state index contributed by atoms with van der Waals surface area (Å²) in [6, 6.07) is 1.42. The first-order valence-electron chi connectivity index (χ1n) is 6.87. The van der Waals surface area contributed by atoms with E-state index in [4.69, 9.17) is 0 Å². The maximum Gasteiger partial charge on any atom is 0.287 e. The van der Waals surface area contributed by atoms with Gasteiger partial charge in [0, 0.05) is 24.7 Å². The Bertz CT molecular complexity index is 504. The Morgan fingerprint density at radius 1 is 1.60 bits per heavy atom. The highest BCUT2D eigenvalue weighted by Gasteiger charge is 2.23. The zero-order chi connectivity index (χ0) is 14.7. The van der Waals surface area contributed by atoms with E-state index in [9.17, 15) is 14.9 Å². The summed E-state index contributed by atoms with van der Waals surface area (Å²) >= 11 is 0. The zero-order valence-corrected chi connectivity index (χ0v) is 11.8. The summed E-state index contributed by atoms with van der Waals surface area (Å²) in [5, 5.41) is 17.0. The number of rotatable bonds is 4. The highest BCUT2D eigenvalue weighted by molar-refractivity contribution is 5.93. The van der Waals surface area contributed by atoms with Gasteiger partial charge in [-0.2, -0.15) is 0 Å². The van der Waals surface area contributed by atoms with Crippen molar-refractivity contribution in [1.29, 1.82) is 0 Å². The van der Waals surface area contributed by atoms with Crippen LogP contribution in [-0.2, 0) is 0 Å². The second-order valence-corrected chi connectivity index (χ2v) is 5.36. The van der Waals surface area contributed by atoms with Crippen LogP contribution in [0.15, 0.2) is 12.3 Å². The molecule has 1 aliphatic heterocycles. The van der Waals surface area contributed by atoms with Crippen LogP contribution >= 0.6 is 0 Å². The lowest BCUT2D eigenvalue weighted by molar-refractivity contribution is -0.384. The summed E-state index contributed by atoms with van der Waals surface area (Å²) in [6.45, 7) is 5.50. The molecule has 1 amide bonds. The van der Waals surface area contributed by atoms with Crippen LogP contribution in [0.25, 0.3) is 0 Å². The predicted octanol–water partition coefficient (Wildman–Crippen LogP) is 1.46. The second-order valence-electron chi connectivity index (χ2n) is 5.36. The van der Waals surface area contributed by atoms with E-state index >= 15 is 0 Å². The first-order valence-corrected chi connectivity index (χ1v) is 6.87. The Balaban J connectivity index is 2.17. The quantitative estimate of drug-likeness (QED) is 0.645. The van der Waals surface area contributed by atoms with Crippen molar-refractivity contribution < 1.29 is 9.72 Å². The monoisotopic (exact) mass is 280 g/mol. The molecule has 2 heterocycles. The van der Waals surface area contributed by atoms with Crippen LogP contribution in [-0.4, -0.2) is 34.5 Å². The fraction of sp³-hybridized carbons (Fsp3) is 0.615. The lowest BCUT2D eigenvalue weighted by atomic mass is 10.1. The molecule has 1 aromatic rings. The Hall–Kier alpha value is -1.89. The van der Waals surface area contributed by atoms with E-state index in [1.165, 1.54) is 12.3 Å². The molecule has 0 aliphatic carbocycles. The second kappa shape index (κ2) is 6.04. The lowest BCUT2D eigenvalue weighted by Gasteiger charge is -2.24. The summed E-state index contributed by atoms with van der Waals surface area (Å²) in [6.07, 6.45) is 3.37. The van der Waals surface area contributed by atoms with Gasteiger partial charge in [-0.25, -0.2) is 0 Å². The Kier molecular flexibility index (Phi) is 4.39. The molecule has 0 aromatic carbocycles. The molecule has 1 fully saturated rings. The van der Waals surface area contributed by atoms with Gasteiger partial charge in [-0.15, -0.1) is 0 Å². The number of piperidine rings is 1. The molecule has 2 N–H and O–H groups in total. The van der Waals surface area contributed by atoms with E-state index in [1.807, 2.05) is 13.8 Å². The van der Waals surface area contributed by atoms with Gasteiger partial charge < -0.3 is 15.2 Å². The maximum absolute atomic E-state index is 12.3. The average Bonchev–Trinajstić information content (AvgIpc) is 2.85. The van der Waals surface area contributed by atoms with E-state index < -0.39 is 4.92 Å². The van der Waals surface area contributed by atoms with E-state index in [0.29, 0.717) is 5.69 Å². The van der Waals surface area contributed by atoms with Crippen LogP contribution in [0, 0.1) is 10.1 Å². The average molecular weight is 280 g/mol. The molecule has 0 bridgehead atoms. The van der Waals surface area contributed by atoms with Crippen molar-refractivity contribution in [2.24, 2.45) is 0 Å². The van der Waals surface area contributed by atoms with E-state index in [2.05, 4.69) is 10.6 Å². The minimum atomic E-state index is -0.474. The standard InChI is InChI=1S/C13H20N4O3/c1-9(2)16-8-11(17(19)20)6-12(16)13(18)15-10-4-3-5-14-7-10/h6,8-10,14H,3-5,7H2,1-2H3,(H,15,18)/t10-/m0/s1. The molecule has 20 heavy (non-hydrogen) atoms. The van der Waals surface area contributed by atoms with Crippen LogP contribution in [0.4, 0.5) is 5.69 Å². The van der Waals surface area contributed by atoms with Crippen molar-refractivity contribution >= 4 is 11.6 Å². The van der Waals surface area contributed by atoms with Gasteiger partial charge in [0.05, 0.1) is 11.1 Å². The maximum atomic E-state index is 12.3. The highest BCUT2D eigenvalue weighted by atomic mass is 16.6. The van der Waals surface area contributed by atoms with E-state index in [-0.39, 0.29) is 23.7 Å². The van der Waals surface area contributed by atoms with Gasteiger partial charge >= 0.3 is 0 Å². The van der Waals surface area contributed by atoms with Gasteiger partial charge in [0.15, 0.2) is 0 Å². The summed E-state index contributed by atoms with van der Waals surface area (Å²) in [5.74, 6) is -0.250. The number of nitro groups is 1. The third-order valence-electron chi connectivity index (χ3n) is 3.47. The highest BCUT2D eigenvalue weighted by Crippen LogP contribution is 2.21. The van der Waals surface area contributed by atoms with Gasteiger partial charge in [-0.3, -0.25) is 14.9 Å². The summed E-state index contributed by atoms with van der Waals surface area (Å²) in [4.78, 5) is 22.7. The summed E-state index contributed by atoms with van der Waals surface area (Å²) in [7, 11) is 0. The molecule has 1 aliphatic rings. The third-order valence-corrected chi connectivity index (χ3v) is 3.47. The van der Waals surface area contributed by atoms with Crippen LogP contribution in [0.3, 0.4) is 0 Å². The first kappa shape index (κ1) is 14.5. The SMILES string of the molecule is CC(C)n1cc([N+](=O)[O-])cc1C(=O)N[C@H]1CCCNC1. The van der Waals surface area contributed by atoms with Crippen molar-refractivity contribution in [1.82, 2.24) is 15.2 Å². The fourth-order valence-corrected chi connectivity index (χ4v) is 2.41. The normalized spacial score (nSPS) is 19.1. The Morgan fingerprint density at radius 2 is 2.35 bits per heavy atom. The zero-order valence-electron chi connectivity index (χ0n) is 11.8. The number of amides is 1. The van der Waals surface area contributed by atoms with E-state index in [0.717, 1.165) is 25.9 Å². The van der Waals surface area contributed by atoms with Crippen molar-refractivity contribution in [2.45, 2.75) is 38.8 Å². The molecule has 7 nitrogen and oxygen atoms in total. The predicted molar refractivity (Wildman–Crippen MR) is 74.8 cm³/mol. The molecular formula is C13H20N4O3. The molecule has 0 radical (unpaired) electrons. The van der Waals surface area contributed by atoms with Crippen LogP contribution in [0.2, 0.25) is 0 Å². The van der Waals surface area contributed by atoms with Gasteiger partial charge in [0.25, 0.3) is 11.6 Å². The third kappa shape index (κ3) is 3.16. The lowest BCUT2D eigenvalue weighted by Crippen LogP contribution is -2.46. The molecule has 1 aromatic heterocycles. The molecular weight excluding hydrogens is 260 g/mol. The first-order chi connectivity index (χ1) is 9.49. The molecule has 0 unspecified atom stereocenters. The number of nitrogens with one attached hydrogen (secondary N) is 2. The molecule has 0 spiro atoms. The Morgan fingerprint density at radius 3 is 2.90 bits per heavy atom. The molecule has 0 saturated carbocycles. The number of carbonyl (C=O) groups excluding carboxylic acids is 1. The number of aromatic nitrogens is 1. The minimum Gasteiger partial charge on any atom is -0.347 e. The molecule has 110 valence electrons. The molecule has 1 saturated heterocycles. The van der Waals surface area contributed by atoms with Gasteiger partial charge in [0.2, 0.25) is 0 Å². The van der Waals surface area contributed by atoms with Gasteiger partial charge in [-0.1, -0.05) is 0 Å². The largest absolute Gasteiger partial charge is 0.347 e. The molecule has 1 atom stereocenters. The summed E-state index contributed by atoms with van der Waals surface area (Å²) < 4.78 is 1.64. The number of hydrogen-bond acceptors (Lipinski definition) is 4. The Labute approximate surface area is 117 Å². The smallest absolute Gasteiger partial charge is 0.287 e. The van der Waals surface area contributed by atoms with Crippen molar-refractivity contribution in [3.05, 3.63) is 28.1 Å². The van der Waals surface area contributed by atoms with Crippen LogP contribution < -0.4 is 10.6 Å². The van der Waals surface area contributed by atoms with Crippen molar-refractivity contribution in [3.8, 4) is 0 Å². The fourth-order valence-electron chi connectivity index (χ4n) is 2.41. The molecule has 7 heteroatoms. The van der Waals surface area contributed by atoms with E-state index in [1.54, 1.807) is 4.57 Å². The van der Waals surface area contributed by atoms with Crippen LogP contribution in [0.1, 0.15) is 43.2 Å². The van der Waals surface area contributed by atoms with Gasteiger partial charge in [0.1, 0.15) is 5.69 Å². The topological polar surface area (TPSA) is 89.2 Å². The summed E-state index contributed by atoms with van der Waals surface area (Å²) in [5.41, 5.74) is 0.294. The number of carbonyl (C=O) groups is 1. The van der Waals surface area contributed by atoms with Crippen molar-refractivity contribution in [3.63, 3.8) is 0 Å². The van der Waals surface area contributed by atoms with Gasteiger partial charge in [-0.05, 0) is 33.2 Å². The number of hydrogen-bond donors (Lipinski definition) is 2. The number of nitrogens with zero attached hydrogens (tertiary/aromatic N) is 2. The minimum absolute atomic E-state index is 0.00562. The van der Waals surface area contributed by atoms with Crippen molar-refractivity contribution in [2.75, 3.05) is 13.1 Å². The van der Waals surface area contributed by atoms with Crippen LogP contribution in [0.5, 0.6) is 0 Å².